The van der Waals surface area contributed by atoms with Crippen LogP contribution in [-0.4, -0.2) is 57.1 Å². The van der Waals surface area contributed by atoms with Crippen LogP contribution in [0.1, 0.15) is 17.2 Å². The van der Waals surface area contributed by atoms with E-state index < -0.39 is 5.82 Å². The molecule has 0 radical (unpaired) electrons. The number of H-pyrrole nitrogens is 1. The third-order valence-corrected chi connectivity index (χ3v) is 4.44. The summed E-state index contributed by atoms with van der Waals surface area (Å²) in [5, 5.41) is 7.26. The quantitative estimate of drug-likeness (QED) is 0.912. The molecule has 0 saturated carbocycles. The van der Waals surface area contributed by atoms with Crippen molar-refractivity contribution in [2.45, 2.75) is 19.9 Å². The fourth-order valence-electron chi connectivity index (χ4n) is 2.75. The number of piperazine rings is 1. The number of carbonyl (C=O) groups is 1. The first kappa shape index (κ1) is 16.9. The molecule has 1 aliphatic heterocycles. The van der Waals surface area contributed by atoms with Gasteiger partial charge in [-0.3, -0.25) is 14.8 Å². The van der Waals surface area contributed by atoms with E-state index in [1.807, 2.05) is 11.8 Å². The highest BCUT2D eigenvalue weighted by Crippen LogP contribution is 2.19. The topological polar surface area (TPSA) is 65.1 Å². The Kier molecular flexibility index (Phi) is 5.11. The molecule has 1 saturated heterocycles. The Bertz CT molecular complexity index is 727. The van der Waals surface area contributed by atoms with Crippen molar-refractivity contribution in [1.82, 2.24) is 25.0 Å². The van der Waals surface area contributed by atoms with Gasteiger partial charge in [-0.15, -0.1) is 0 Å². The fraction of sp³-hybridized carbons (Fsp3) is 0.438. The van der Waals surface area contributed by atoms with Crippen LogP contribution < -0.4 is 0 Å². The first-order valence-corrected chi connectivity index (χ1v) is 8.21. The van der Waals surface area contributed by atoms with E-state index in [1.165, 1.54) is 12.1 Å². The number of aryl methyl sites for hydroxylation is 1. The first-order valence-electron chi connectivity index (χ1n) is 7.83. The molecule has 0 aliphatic carbocycles. The van der Waals surface area contributed by atoms with Crippen LogP contribution in [0.25, 0.3) is 0 Å². The van der Waals surface area contributed by atoms with Crippen molar-refractivity contribution in [2.24, 2.45) is 0 Å². The minimum Gasteiger partial charge on any atom is -0.340 e. The average Bonchev–Trinajstić information content (AvgIpc) is 2.96. The van der Waals surface area contributed by atoms with Crippen molar-refractivity contribution in [3.63, 3.8) is 0 Å². The smallest absolute Gasteiger partial charge is 0.227 e. The summed E-state index contributed by atoms with van der Waals surface area (Å²) < 4.78 is 13.1. The van der Waals surface area contributed by atoms with Crippen LogP contribution in [0.2, 0.25) is 5.02 Å². The molecule has 0 bridgehead atoms. The van der Waals surface area contributed by atoms with Crippen LogP contribution in [-0.2, 0) is 17.8 Å². The second kappa shape index (κ2) is 7.27. The summed E-state index contributed by atoms with van der Waals surface area (Å²) in [4.78, 5) is 20.7. The summed E-state index contributed by atoms with van der Waals surface area (Å²) >= 11 is 5.99. The third-order valence-electron chi connectivity index (χ3n) is 4.09. The molecule has 1 fully saturated rings. The van der Waals surface area contributed by atoms with Crippen molar-refractivity contribution >= 4 is 17.5 Å². The van der Waals surface area contributed by atoms with E-state index >= 15 is 0 Å². The third kappa shape index (κ3) is 4.10. The largest absolute Gasteiger partial charge is 0.340 e. The zero-order valence-corrected chi connectivity index (χ0v) is 14.2. The average molecular weight is 352 g/mol. The van der Waals surface area contributed by atoms with E-state index in [0.717, 1.165) is 24.7 Å². The van der Waals surface area contributed by atoms with Gasteiger partial charge in [-0.25, -0.2) is 9.37 Å². The van der Waals surface area contributed by atoms with Gasteiger partial charge in [0.2, 0.25) is 5.91 Å². The van der Waals surface area contributed by atoms with E-state index in [1.54, 1.807) is 6.07 Å². The van der Waals surface area contributed by atoms with Gasteiger partial charge in [0.05, 0.1) is 13.0 Å². The Labute approximate surface area is 144 Å². The molecule has 128 valence electrons. The van der Waals surface area contributed by atoms with Crippen molar-refractivity contribution in [3.8, 4) is 0 Å². The predicted octanol–water partition coefficient (Wildman–Crippen LogP) is 1.79. The highest BCUT2D eigenvalue weighted by atomic mass is 35.5. The Balaban J connectivity index is 1.51. The van der Waals surface area contributed by atoms with Crippen LogP contribution in [0.3, 0.4) is 0 Å². The summed E-state index contributed by atoms with van der Waals surface area (Å²) in [5.41, 5.74) is 0.654. The Morgan fingerprint density at radius 3 is 2.71 bits per heavy atom. The highest BCUT2D eigenvalue weighted by Gasteiger charge is 2.22. The number of amides is 1. The van der Waals surface area contributed by atoms with Gasteiger partial charge >= 0.3 is 0 Å². The normalized spacial score (nSPS) is 15.7. The summed E-state index contributed by atoms with van der Waals surface area (Å²) in [7, 11) is 0. The number of nitrogens with one attached hydrogen (secondary N) is 1. The SMILES string of the molecule is Cc1nc(CN2CCN(C(=O)Cc3ccc(F)cc3Cl)CC2)n[nH]1. The fourth-order valence-corrected chi connectivity index (χ4v) is 2.99. The van der Waals surface area contributed by atoms with E-state index in [9.17, 15) is 9.18 Å². The standard InChI is InChI=1S/C16H19ClFN5O/c1-11-19-15(21-20-11)10-22-4-6-23(7-5-22)16(24)8-12-2-3-13(18)9-14(12)17/h2-3,9H,4-8,10H2,1H3,(H,19,20,21). The van der Waals surface area contributed by atoms with E-state index in [2.05, 4.69) is 20.1 Å². The van der Waals surface area contributed by atoms with Crippen molar-refractivity contribution in [3.05, 3.63) is 46.3 Å². The lowest BCUT2D eigenvalue weighted by Gasteiger charge is -2.34. The zero-order chi connectivity index (χ0) is 17.1. The zero-order valence-electron chi connectivity index (χ0n) is 13.4. The minimum absolute atomic E-state index is 0.0110. The molecule has 2 aromatic rings. The van der Waals surface area contributed by atoms with E-state index in [4.69, 9.17) is 11.6 Å². The molecule has 8 heteroatoms. The summed E-state index contributed by atoms with van der Waals surface area (Å²) in [6.07, 6.45) is 0.194. The monoisotopic (exact) mass is 351 g/mol. The lowest BCUT2D eigenvalue weighted by Crippen LogP contribution is -2.48. The molecule has 1 N–H and O–H groups in total. The lowest BCUT2D eigenvalue weighted by molar-refractivity contribution is -0.132. The van der Waals surface area contributed by atoms with Gasteiger partial charge < -0.3 is 4.90 Å². The molecule has 1 aromatic heterocycles. The van der Waals surface area contributed by atoms with Crippen LogP contribution in [0.4, 0.5) is 4.39 Å². The second-order valence-corrected chi connectivity index (χ2v) is 6.31. The number of nitrogens with zero attached hydrogens (tertiary/aromatic N) is 4. The second-order valence-electron chi connectivity index (χ2n) is 5.91. The first-order chi connectivity index (χ1) is 11.5. The Morgan fingerprint density at radius 2 is 2.08 bits per heavy atom. The number of hydrogen-bond donors (Lipinski definition) is 1. The molecule has 6 nitrogen and oxygen atoms in total. The molecule has 1 amide bonds. The predicted molar refractivity (Wildman–Crippen MR) is 88.1 cm³/mol. The molecule has 24 heavy (non-hydrogen) atoms. The minimum atomic E-state index is -0.396. The van der Waals surface area contributed by atoms with Gasteiger partial charge in [0, 0.05) is 31.2 Å². The van der Waals surface area contributed by atoms with Gasteiger partial charge in [0.25, 0.3) is 0 Å². The number of rotatable bonds is 4. The molecule has 0 atom stereocenters. The number of aromatic amines is 1. The van der Waals surface area contributed by atoms with Gasteiger partial charge in [-0.1, -0.05) is 17.7 Å². The summed E-state index contributed by atoms with van der Waals surface area (Å²) in [6.45, 7) is 5.40. The molecular weight excluding hydrogens is 333 g/mol. The molecule has 2 heterocycles. The van der Waals surface area contributed by atoms with E-state index in [-0.39, 0.29) is 12.3 Å². The number of carbonyl (C=O) groups excluding carboxylic acids is 1. The van der Waals surface area contributed by atoms with E-state index in [0.29, 0.717) is 30.2 Å². The maximum Gasteiger partial charge on any atom is 0.227 e. The summed E-state index contributed by atoms with van der Waals surface area (Å²) in [6, 6.07) is 4.13. The van der Waals surface area contributed by atoms with Crippen LogP contribution in [0.5, 0.6) is 0 Å². The molecule has 0 spiro atoms. The van der Waals surface area contributed by atoms with Crippen LogP contribution in [0, 0.1) is 12.7 Å². The molecule has 0 unspecified atom stereocenters. The number of hydrogen-bond acceptors (Lipinski definition) is 4. The summed E-state index contributed by atoms with van der Waals surface area (Å²) in [5.74, 6) is 1.18. The van der Waals surface area contributed by atoms with Gasteiger partial charge in [0.1, 0.15) is 11.6 Å². The van der Waals surface area contributed by atoms with Crippen LogP contribution in [0.15, 0.2) is 18.2 Å². The lowest BCUT2D eigenvalue weighted by atomic mass is 10.1. The van der Waals surface area contributed by atoms with Gasteiger partial charge in [-0.2, -0.15) is 5.10 Å². The number of halogens is 2. The van der Waals surface area contributed by atoms with Crippen molar-refractivity contribution in [1.29, 1.82) is 0 Å². The number of aromatic nitrogens is 3. The molecule has 1 aliphatic rings. The van der Waals surface area contributed by atoms with Crippen molar-refractivity contribution < 1.29 is 9.18 Å². The van der Waals surface area contributed by atoms with Crippen molar-refractivity contribution in [2.75, 3.05) is 26.2 Å². The maximum absolute atomic E-state index is 13.1. The van der Waals surface area contributed by atoms with Gasteiger partial charge in [0.15, 0.2) is 5.82 Å². The highest BCUT2D eigenvalue weighted by molar-refractivity contribution is 6.31. The molecular formula is C16H19ClFN5O. The Morgan fingerprint density at radius 1 is 1.33 bits per heavy atom. The van der Waals surface area contributed by atoms with Crippen LogP contribution >= 0.6 is 11.6 Å². The number of benzene rings is 1. The molecule has 3 rings (SSSR count). The molecule has 1 aromatic carbocycles. The maximum atomic E-state index is 13.1. The Hall–Kier alpha value is -1.99. The van der Waals surface area contributed by atoms with Gasteiger partial charge in [-0.05, 0) is 24.6 Å².